The predicted molar refractivity (Wildman–Crippen MR) is 70.0 cm³/mol. The van der Waals surface area contributed by atoms with E-state index in [1.807, 2.05) is 0 Å². The lowest BCUT2D eigenvalue weighted by Crippen LogP contribution is -2.27. The third-order valence-corrected chi connectivity index (χ3v) is 3.23. The quantitative estimate of drug-likeness (QED) is 0.420. The number of hydrogen-bond donors (Lipinski definition) is 0. The molecule has 0 bridgehead atoms. The van der Waals surface area contributed by atoms with Gasteiger partial charge < -0.3 is 4.74 Å². The minimum absolute atomic E-state index is 0.0903. The molecule has 0 radical (unpaired) electrons. The summed E-state index contributed by atoms with van der Waals surface area (Å²) < 4.78 is 5.11. The molecule has 0 aromatic carbocycles. The van der Waals surface area contributed by atoms with E-state index in [4.69, 9.17) is 16.3 Å². The van der Waals surface area contributed by atoms with E-state index in [0.29, 0.717) is 0 Å². The van der Waals surface area contributed by atoms with Crippen LogP contribution in [0.25, 0.3) is 0 Å². The Labute approximate surface area is 109 Å². The Morgan fingerprint density at radius 1 is 1.35 bits per heavy atom. The van der Waals surface area contributed by atoms with Crippen molar-refractivity contribution in [1.82, 2.24) is 0 Å². The number of ether oxygens (including phenoxy) is 1. The Hall–Kier alpha value is -0.680. The zero-order valence-electron chi connectivity index (χ0n) is 10.5. The Morgan fingerprint density at radius 2 is 2.12 bits per heavy atom. The van der Waals surface area contributed by atoms with Gasteiger partial charge in [0, 0.05) is 18.0 Å². The molecule has 17 heavy (non-hydrogen) atoms. The molecule has 0 aliphatic heterocycles. The van der Waals surface area contributed by atoms with Crippen molar-refractivity contribution in [2.45, 2.75) is 64.4 Å². The van der Waals surface area contributed by atoms with E-state index in [9.17, 15) is 4.79 Å². The molecule has 0 N–H and O–H groups in total. The van der Waals surface area contributed by atoms with Crippen LogP contribution in [0.5, 0.6) is 0 Å². The molecule has 1 fully saturated rings. The zero-order valence-corrected chi connectivity index (χ0v) is 11.3. The molecule has 0 aromatic rings. The summed E-state index contributed by atoms with van der Waals surface area (Å²) in [4.78, 5) is 10.8. The van der Waals surface area contributed by atoms with Crippen LogP contribution in [0, 0.1) is 17.8 Å². The van der Waals surface area contributed by atoms with Crippen LogP contribution in [-0.2, 0) is 4.74 Å². The van der Waals surface area contributed by atoms with Gasteiger partial charge in [0.15, 0.2) is 0 Å². The molecule has 0 unspecified atom stereocenters. The summed E-state index contributed by atoms with van der Waals surface area (Å²) in [5.74, 6) is 6.65. The minimum Gasteiger partial charge on any atom is -0.449 e. The van der Waals surface area contributed by atoms with Crippen molar-refractivity contribution in [2.24, 2.45) is 5.92 Å². The molecule has 0 saturated heterocycles. The minimum atomic E-state index is -0.699. The maximum absolute atomic E-state index is 10.8. The van der Waals surface area contributed by atoms with Gasteiger partial charge in [-0.05, 0) is 25.7 Å². The Morgan fingerprint density at radius 3 is 2.82 bits per heavy atom. The molecule has 1 aliphatic carbocycles. The second-order valence-corrected chi connectivity index (χ2v) is 4.87. The van der Waals surface area contributed by atoms with Crippen LogP contribution in [0.15, 0.2) is 0 Å². The van der Waals surface area contributed by atoms with Gasteiger partial charge in [-0.25, -0.2) is 4.79 Å². The fourth-order valence-corrected chi connectivity index (χ4v) is 2.30. The van der Waals surface area contributed by atoms with Gasteiger partial charge in [-0.15, -0.1) is 5.92 Å². The molecule has 0 heterocycles. The zero-order chi connectivity index (χ0) is 12.5. The van der Waals surface area contributed by atoms with Gasteiger partial charge in [-0.1, -0.05) is 32.1 Å². The van der Waals surface area contributed by atoms with E-state index in [-0.39, 0.29) is 12.0 Å². The Kier molecular flexibility index (Phi) is 7.12. The molecule has 0 amide bonds. The van der Waals surface area contributed by atoms with Crippen molar-refractivity contribution in [1.29, 1.82) is 0 Å². The van der Waals surface area contributed by atoms with Gasteiger partial charge in [-0.3, -0.25) is 0 Å². The average molecular weight is 257 g/mol. The van der Waals surface area contributed by atoms with E-state index in [1.54, 1.807) is 0 Å². The lowest BCUT2D eigenvalue weighted by atomic mass is 9.87. The van der Waals surface area contributed by atoms with Gasteiger partial charge in [-0.2, -0.15) is 0 Å². The second-order valence-electron chi connectivity index (χ2n) is 4.56. The third kappa shape index (κ3) is 5.98. The summed E-state index contributed by atoms with van der Waals surface area (Å²) >= 11 is 5.27. The number of hydrogen-bond acceptors (Lipinski definition) is 2. The van der Waals surface area contributed by atoms with E-state index >= 15 is 0 Å². The van der Waals surface area contributed by atoms with Crippen LogP contribution in [0.4, 0.5) is 4.79 Å². The van der Waals surface area contributed by atoms with Gasteiger partial charge >= 0.3 is 5.43 Å². The number of unbranched alkanes of at least 4 members (excludes halogenated alkanes) is 3. The second kappa shape index (κ2) is 8.42. The van der Waals surface area contributed by atoms with Crippen LogP contribution >= 0.6 is 11.6 Å². The highest BCUT2D eigenvalue weighted by molar-refractivity contribution is 6.61. The largest absolute Gasteiger partial charge is 0.449 e. The molecule has 1 saturated carbocycles. The molecule has 1 aliphatic rings. The summed E-state index contributed by atoms with van der Waals surface area (Å²) in [5, 5.41) is 0. The first kappa shape index (κ1) is 14.4. The van der Waals surface area contributed by atoms with E-state index in [1.165, 1.54) is 19.3 Å². The first-order valence-corrected chi connectivity index (χ1v) is 6.96. The lowest BCUT2D eigenvalue weighted by molar-refractivity contribution is 0.0727. The summed E-state index contributed by atoms with van der Waals surface area (Å²) in [6, 6.07) is 0. The third-order valence-electron chi connectivity index (χ3n) is 3.14. The highest BCUT2D eigenvalue weighted by Gasteiger charge is 2.26. The maximum Gasteiger partial charge on any atom is 0.404 e. The first-order chi connectivity index (χ1) is 8.24. The number of rotatable bonds is 4. The summed E-state index contributed by atoms with van der Waals surface area (Å²) in [6.07, 6.45) is 8.67. The monoisotopic (exact) mass is 256 g/mol. The lowest BCUT2D eigenvalue weighted by Gasteiger charge is -2.26. The Balaban J connectivity index is 2.38. The van der Waals surface area contributed by atoms with Gasteiger partial charge in [0.2, 0.25) is 0 Å². The van der Waals surface area contributed by atoms with Gasteiger partial charge in [0.05, 0.1) is 5.92 Å². The molecule has 0 aromatic heterocycles. The fraction of sp³-hybridized carbons (Fsp3) is 0.786. The molecular weight excluding hydrogens is 236 g/mol. The SMILES string of the molecule is CCCCCC#C[C@@H]1CCCC[C@H]1OC(=O)Cl. The molecule has 0 spiro atoms. The fourth-order valence-electron chi connectivity index (χ4n) is 2.19. The average Bonchev–Trinajstić information content (AvgIpc) is 2.30. The topological polar surface area (TPSA) is 26.3 Å². The van der Waals surface area contributed by atoms with Crippen LogP contribution in [0.3, 0.4) is 0 Å². The van der Waals surface area contributed by atoms with Crippen molar-refractivity contribution >= 4 is 17.0 Å². The molecule has 2 atom stereocenters. The molecule has 2 nitrogen and oxygen atoms in total. The van der Waals surface area contributed by atoms with Crippen molar-refractivity contribution in [3.63, 3.8) is 0 Å². The van der Waals surface area contributed by atoms with Crippen molar-refractivity contribution in [3.05, 3.63) is 0 Å². The number of halogens is 1. The summed E-state index contributed by atoms with van der Waals surface area (Å²) in [5.41, 5.74) is -0.699. The normalized spacial score (nSPS) is 23.6. The smallest absolute Gasteiger partial charge is 0.404 e. The van der Waals surface area contributed by atoms with Crippen molar-refractivity contribution in [3.8, 4) is 11.8 Å². The molecule has 96 valence electrons. The summed E-state index contributed by atoms with van der Waals surface area (Å²) in [7, 11) is 0. The van der Waals surface area contributed by atoms with Crippen molar-refractivity contribution < 1.29 is 9.53 Å². The van der Waals surface area contributed by atoms with Gasteiger partial charge in [0.1, 0.15) is 6.10 Å². The maximum atomic E-state index is 10.8. The first-order valence-electron chi connectivity index (χ1n) is 6.58. The highest BCUT2D eigenvalue weighted by atomic mass is 35.5. The van der Waals surface area contributed by atoms with Crippen LogP contribution in [0.1, 0.15) is 58.3 Å². The highest BCUT2D eigenvalue weighted by Crippen LogP contribution is 2.27. The number of carbonyl (C=O) groups excluding carboxylic acids is 1. The van der Waals surface area contributed by atoms with E-state index in [0.717, 1.165) is 32.1 Å². The number of carbonyl (C=O) groups is 1. The predicted octanol–water partition coefficient (Wildman–Crippen LogP) is 4.50. The molecular formula is C14H21ClO2. The van der Waals surface area contributed by atoms with Crippen molar-refractivity contribution in [2.75, 3.05) is 0 Å². The van der Waals surface area contributed by atoms with E-state index in [2.05, 4.69) is 18.8 Å². The Bertz CT molecular complexity index is 290. The molecule has 1 rings (SSSR count). The standard InChI is InChI=1S/C14H21ClO2/c1-2-3-4-5-6-9-12-10-7-8-11-13(12)17-14(15)16/h12-13H,2-5,7-8,10-11H2,1H3/t12-,13-/m1/s1. The van der Waals surface area contributed by atoms with E-state index < -0.39 is 5.43 Å². The van der Waals surface area contributed by atoms with Crippen LogP contribution in [-0.4, -0.2) is 11.5 Å². The van der Waals surface area contributed by atoms with Crippen LogP contribution in [0.2, 0.25) is 0 Å². The summed E-state index contributed by atoms with van der Waals surface area (Å²) in [6.45, 7) is 2.19. The van der Waals surface area contributed by atoms with Crippen LogP contribution < -0.4 is 0 Å². The van der Waals surface area contributed by atoms with Gasteiger partial charge in [0.25, 0.3) is 0 Å². The molecule has 3 heteroatoms.